The molecule has 0 aromatic heterocycles. The molecule has 1 aromatic carbocycles. The molecule has 1 aliphatic rings. The Morgan fingerprint density at radius 2 is 1.76 bits per heavy atom. The molecule has 2 rings (SSSR count). The monoisotopic (exact) mass is 233 g/mol. The van der Waals surface area contributed by atoms with Crippen LogP contribution in [0.5, 0.6) is 0 Å². The van der Waals surface area contributed by atoms with Gasteiger partial charge >= 0.3 is 0 Å². The lowest BCUT2D eigenvalue weighted by molar-refractivity contribution is 0.134. The summed E-state index contributed by atoms with van der Waals surface area (Å²) in [6.07, 6.45) is 4.55. The second-order valence-corrected chi connectivity index (χ2v) is 5.12. The number of rotatable bonds is 4. The van der Waals surface area contributed by atoms with Gasteiger partial charge in [0, 0.05) is 6.54 Å². The Hall–Kier alpha value is -0.860. The fourth-order valence-corrected chi connectivity index (χ4v) is 2.44. The summed E-state index contributed by atoms with van der Waals surface area (Å²) < 4.78 is 0. The van der Waals surface area contributed by atoms with Gasteiger partial charge in [0.2, 0.25) is 0 Å². The Balaban J connectivity index is 1.80. The molecule has 1 aromatic rings. The van der Waals surface area contributed by atoms with Crippen LogP contribution in [0.1, 0.15) is 42.9 Å². The van der Waals surface area contributed by atoms with Gasteiger partial charge in [-0.15, -0.1) is 0 Å². The van der Waals surface area contributed by atoms with E-state index >= 15 is 0 Å². The SMILES string of the molecule is Cc1ccc([C@@H](O)CCN2CCCCC2)cc1. The molecule has 0 saturated carbocycles. The van der Waals surface area contributed by atoms with Crippen LogP contribution in [0.15, 0.2) is 24.3 Å². The van der Waals surface area contributed by atoms with Gasteiger partial charge in [0.1, 0.15) is 0 Å². The maximum atomic E-state index is 10.1. The van der Waals surface area contributed by atoms with Crippen molar-refractivity contribution in [3.05, 3.63) is 35.4 Å². The van der Waals surface area contributed by atoms with Crippen LogP contribution in [0.2, 0.25) is 0 Å². The number of nitrogens with zero attached hydrogens (tertiary/aromatic N) is 1. The molecule has 17 heavy (non-hydrogen) atoms. The molecule has 1 atom stereocenters. The molecule has 0 amide bonds. The van der Waals surface area contributed by atoms with Crippen LogP contribution in [-0.2, 0) is 0 Å². The number of benzene rings is 1. The van der Waals surface area contributed by atoms with Gasteiger partial charge in [-0.3, -0.25) is 0 Å². The first kappa shape index (κ1) is 12.6. The van der Waals surface area contributed by atoms with Gasteiger partial charge in [-0.2, -0.15) is 0 Å². The Labute approximate surface area is 104 Å². The third kappa shape index (κ3) is 3.83. The summed E-state index contributed by atoms with van der Waals surface area (Å²) in [6, 6.07) is 8.21. The van der Waals surface area contributed by atoms with Crippen molar-refractivity contribution in [3.8, 4) is 0 Å². The van der Waals surface area contributed by atoms with E-state index in [1.165, 1.54) is 37.9 Å². The van der Waals surface area contributed by atoms with Crippen LogP contribution in [0.4, 0.5) is 0 Å². The summed E-state index contributed by atoms with van der Waals surface area (Å²) in [5.41, 5.74) is 2.30. The Morgan fingerprint density at radius 1 is 1.12 bits per heavy atom. The molecule has 0 unspecified atom stereocenters. The first-order chi connectivity index (χ1) is 8.25. The van der Waals surface area contributed by atoms with Gasteiger partial charge in [0.15, 0.2) is 0 Å². The van der Waals surface area contributed by atoms with Gasteiger partial charge in [-0.05, 0) is 44.8 Å². The Kier molecular flexibility index (Phi) is 4.57. The quantitative estimate of drug-likeness (QED) is 0.864. The zero-order valence-corrected chi connectivity index (χ0v) is 10.7. The molecule has 0 radical (unpaired) electrons. The molecule has 1 fully saturated rings. The standard InChI is InChI=1S/C15H23NO/c1-13-5-7-14(8-6-13)15(17)9-12-16-10-3-2-4-11-16/h5-8,15,17H,2-4,9-12H2,1H3/t15-/m0/s1. The van der Waals surface area contributed by atoms with E-state index in [1.807, 2.05) is 12.1 Å². The average molecular weight is 233 g/mol. The molecular weight excluding hydrogens is 210 g/mol. The number of hydrogen-bond acceptors (Lipinski definition) is 2. The smallest absolute Gasteiger partial charge is 0.0802 e. The van der Waals surface area contributed by atoms with Crippen LogP contribution in [0.3, 0.4) is 0 Å². The van der Waals surface area contributed by atoms with Gasteiger partial charge in [-0.1, -0.05) is 36.2 Å². The third-order valence-electron chi connectivity index (χ3n) is 3.63. The van der Waals surface area contributed by atoms with E-state index in [0.29, 0.717) is 0 Å². The molecule has 1 saturated heterocycles. The maximum Gasteiger partial charge on any atom is 0.0802 e. The maximum absolute atomic E-state index is 10.1. The molecular formula is C15H23NO. The van der Waals surface area contributed by atoms with Gasteiger partial charge in [-0.25, -0.2) is 0 Å². The minimum atomic E-state index is -0.308. The fraction of sp³-hybridized carbons (Fsp3) is 0.600. The van der Waals surface area contributed by atoms with E-state index in [9.17, 15) is 5.11 Å². The van der Waals surface area contributed by atoms with Crippen molar-refractivity contribution in [3.63, 3.8) is 0 Å². The van der Waals surface area contributed by atoms with Crippen LogP contribution in [0, 0.1) is 6.92 Å². The van der Waals surface area contributed by atoms with E-state index in [-0.39, 0.29) is 6.10 Å². The predicted octanol–water partition coefficient (Wildman–Crippen LogP) is 2.90. The number of likely N-dealkylation sites (tertiary alicyclic amines) is 1. The zero-order chi connectivity index (χ0) is 12.1. The topological polar surface area (TPSA) is 23.5 Å². The van der Waals surface area contributed by atoms with Crippen molar-refractivity contribution in [2.75, 3.05) is 19.6 Å². The molecule has 2 nitrogen and oxygen atoms in total. The highest BCUT2D eigenvalue weighted by molar-refractivity contribution is 5.22. The summed E-state index contributed by atoms with van der Waals surface area (Å²) in [5.74, 6) is 0. The average Bonchev–Trinajstić information content (AvgIpc) is 2.38. The normalized spacial score (nSPS) is 19.2. The number of aliphatic hydroxyl groups is 1. The number of piperidine rings is 1. The predicted molar refractivity (Wildman–Crippen MR) is 71.0 cm³/mol. The molecule has 94 valence electrons. The third-order valence-corrected chi connectivity index (χ3v) is 3.63. The summed E-state index contributed by atoms with van der Waals surface area (Å²) in [5, 5.41) is 10.1. The second kappa shape index (κ2) is 6.18. The van der Waals surface area contributed by atoms with E-state index in [4.69, 9.17) is 0 Å². The van der Waals surface area contributed by atoms with Crippen LogP contribution >= 0.6 is 0 Å². The number of aryl methyl sites for hydroxylation is 1. The van der Waals surface area contributed by atoms with Crippen molar-refractivity contribution in [2.45, 2.75) is 38.7 Å². The first-order valence-corrected chi connectivity index (χ1v) is 6.73. The highest BCUT2D eigenvalue weighted by atomic mass is 16.3. The van der Waals surface area contributed by atoms with Crippen LogP contribution in [0.25, 0.3) is 0 Å². The summed E-state index contributed by atoms with van der Waals surface area (Å²) >= 11 is 0. The van der Waals surface area contributed by atoms with Crippen molar-refractivity contribution >= 4 is 0 Å². The number of aliphatic hydroxyl groups excluding tert-OH is 1. The number of hydrogen-bond donors (Lipinski definition) is 1. The molecule has 0 aliphatic carbocycles. The van der Waals surface area contributed by atoms with Crippen LogP contribution in [-0.4, -0.2) is 29.6 Å². The molecule has 1 aliphatic heterocycles. The van der Waals surface area contributed by atoms with E-state index < -0.39 is 0 Å². The lowest BCUT2D eigenvalue weighted by Gasteiger charge is -2.27. The van der Waals surface area contributed by atoms with Gasteiger partial charge in [0.05, 0.1) is 6.10 Å². The van der Waals surface area contributed by atoms with Gasteiger partial charge in [0.25, 0.3) is 0 Å². The van der Waals surface area contributed by atoms with E-state index in [2.05, 4.69) is 24.0 Å². The summed E-state index contributed by atoms with van der Waals surface area (Å²) in [7, 11) is 0. The van der Waals surface area contributed by atoms with Crippen molar-refractivity contribution in [1.82, 2.24) is 4.90 Å². The molecule has 2 heteroatoms. The second-order valence-electron chi connectivity index (χ2n) is 5.12. The summed E-state index contributed by atoms with van der Waals surface area (Å²) in [4.78, 5) is 2.47. The molecule has 1 N–H and O–H groups in total. The zero-order valence-electron chi connectivity index (χ0n) is 10.7. The Bertz CT molecular complexity index is 327. The van der Waals surface area contributed by atoms with Crippen molar-refractivity contribution in [2.24, 2.45) is 0 Å². The molecule has 1 heterocycles. The molecule has 0 bridgehead atoms. The fourth-order valence-electron chi connectivity index (χ4n) is 2.44. The highest BCUT2D eigenvalue weighted by Crippen LogP contribution is 2.18. The largest absolute Gasteiger partial charge is 0.388 e. The minimum Gasteiger partial charge on any atom is -0.388 e. The summed E-state index contributed by atoms with van der Waals surface area (Å²) in [6.45, 7) is 5.51. The molecule has 0 spiro atoms. The Morgan fingerprint density at radius 3 is 2.41 bits per heavy atom. The van der Waals surface area contributed by atoms with E-state index in [0.717, 1.165) is 18.5 Å². The van der Waals surface area contributed by atoms with Gasteiger partial charge < -0.3 is 10.0 Å². The lowest BCUT2D eigenvalue weighted by Crippen LogP contribution is -2.31. The first-order valence-electron chi connectivity index (χ1n) is 6.73. The van der Waals surface area contributed by atoms with Crippen LogP contribution < -0.4 is 0 Å². The van der Waals surface area contributed by atoms with E-state index in [1.54, 1.807) is 0 Å². The highest BCUT2D eigenvalue weighted by Gasteiger charge is 2.13. The minimum absolute atomic E-state index is 0.308. The lowest BCUT2D eigenvalue weighted by atomic mass is 10.0. The van der Waals surface area contributed by atoms with Crippen molar-refractivity contribution in [1.29, 1.82) is 0 Å². The van der Waals surface area contributed by atoms with Crippen molar-refractivity contribution < 1.29 is 5.11 Å².